The third-order valence-corrected chi connectivity index (χ3v) is 2.14. The molecule has 0 fully saturated rings. The fraction of sp³-hybridized carbons (Fsp3) is 0.200. The molecule has 0 nitrogen and oxygen atoms in total. The molecule has 0 aromatic heterocycles. The highest BCUT2D eigenvalue weighted by atomic mass is 19.4. The summed E-state index contributed by atoms with van der Waals surface area (Å²) in [6, 6.07) is 4.28. The summed E-state index contributed by atoms with van der Waals surface area (Å²) < 4.78 is 37.2. The number of rotatable bonds is 0. The molecule has 1 aromatic carbocycles. The van der Waals surface area contributed by atoms with Crippen LogP contribution in [0, 0.1) is 0 Å². The van der Waals surface area contributed by atoms with Gasteiger partial charge in [0.15, 0.2) is 0 Å². The average molecular weight is 184 g/mol. The van der Waals surface area contributed by atoms with Gasteiger partial charge in [-0.2, -0.15) is 13.2 Å². The van der Waals surface area contributed by atoms with Crippen LogP contribution in [-0.2, 0) is 12.6 Å². The third-order valence-electron chi connectivity index (χ3n) is 2.14. The van der Waals surface area contributed by atoms with Gasteiger partial charge in [0.25, 0.3) is 0 Å². The van der Waals surface area contributed by atoms with Crippen LogP contribution in [0.3, 0.4) is 0 Å². The van der Waals surface area contributed by atoms with E-state index in [4.69, 9.17) is 0 Å². The normalized spacial score (nSPS) is 14.7. The van der Waals surface area contributed by atoms with E-state index in [1.54, 1.807) is 18.2 Å². The Bertz CT molecular complexity index is 361. The quantitative estimate of drug-likeness (QED) is 0.580. The summed E-state index contributed by atoms with van der Waals surface area (Å²) in [5.74, 6) is 0. The molecule has 0 saturated heterocycles. The summed E-state index contributed by atoms with van der Waals surface area (Å²) in [5.41, 5.74) is 0.583. The lowest BCUT2D eigenvalue weighted by molar-refractivity contribution is -0.138. The van der Waals surface area contributed by atoms with Gasteiger partial charge in [-0.25, -0.2) is 0 Å². The van der Waals surface area contributed by atoms with Gasteiger partial charge in [0.2, 0.25) is 0 Å². The Hall–Kier alpha value is -1.25. The van der Waals surface area contributed by atoms with Gasteiger partial charge >= 0.3 is 6.18 Å². The van der Waals surface area contributed by atoms with Crippen molar-refractivity contribution in [3.05, 3.63) is 41.0 Å². The molecule has 1 aliphatic carbocycles. The second kappa shape index (κ2) is 2.62. The van der Waals surface area contributed by atoms with Gasteiger partial charge in [0, 0.05) is 0 Å². The smallest absolute Gasteiger partial charge is 0.166 e. The van der Waals surface area contributed by atoms with Crippen molar-refractivity contribution in [1.82, 2.24) is 0 Å². The first kappa shape index (κ1) is 8.35. The van der Waals surface area contributed by atoms with Gasteiger partial charge in [0.1, 0.15) is 0 Å². The summed E-state index contributed by atoms with van der Waals surface area (Å²) in [5, 5.41) is 0. The van der Waals surface area contributed by atoms with Crippen LogP contribution in [0.25, 0.3) is 6.08 Å². The molecule has 0 atom stereocenters. The first-order chi connectivity index (χ1) is 6.09. The van der Waals surface area contributed by atoms with E-state index in [-0.39, 0.29) is 0 Å². The molecule has 0 aliphatic heterocycles. The monoisotopic (exact) mass is 184 g/mol. The van der Waals surface area contributed by atoms with Crippen molar-refractivity contribution in [3.63, 3.8) is 0 Å². The van der Waals surface area contributed by atoms with Gasteiger partial charge < -0.3 is 0 Å². The van der Waals surface area contributed by atoms with Crippen LogP contribution < -0.4 is 0 Å². The van der Waals surface area contributed by atoms with E-state index in [1.807, 2.05) is 0 Å². The fourth-order valence-electron chi connectivity index (χ4n) is 1.56. The van der Waals surface area contributed by atoms with Gasteiger partial charge in [-0.15, -0.1) is 0 Å². The van der Waals surface area contributed by atoms with Crippen molar-refractivity contribution in [2.45, 2.75) is 12.6 Å². The highest BCUT2D eigenvalue weighted by molar-refractivity contribution is 5.62. The maximum atomic E-state index is 12.4. The third kappa shape index (κ3) is 1.34. The van der Waals surface area contributed by atoms with Crippen LogP contribution in [0.2, 0.25) is 0 Å². The number of halogens is 3. The summed E-state index contributed by atoms with van der Waals surface area (Å²) in [4.78, 5) is 0. The molecule has 0 amide bonds. The number of alkyl halides is 3. The summed E-state index contributed by atoms with van der Waals surface area (Å²) in [6.07, 6.45) is -0.354. The minimum atomic E-state index is -4.22. The molecule has 1 aliphatic rings. The summed E-state index contributed by atoms with van der Waals surface area (Å²) in [7, 11) is 0. The topological polar surface area (TPSA) is 0 Å². The second-order valence-corrected chi connectivity index (χ2v) is 2.98. The van der Waals surface area contributed by atoms with Crippen LogP contribution in [-0.4, -0.2) is 0 Å². The highest BCUT2D eigenvalue weighted by Gasteiger charge is 2.33. The molecule has 3 heteroatoms. The van der Waals surface area contributed by atoms with Crippen molar-refractivity contribution in [3.8, 4) is 0 Å². The lowest BCUT2D eigenvalue weighted by atomic mass is 10.0. The van der Waals surface area contributed by atoms with Crippen LogP contribution in [0.1, 0.15) is 16.7 Å². The van der Waals surface area contributed by atoms with Crippen molar-refractivity contribution < 1.29 is 13.2 Å². The molecule has 68 valence electrons. The molecular formula is C10H7F3. The maximum absolute atomic E-state index is 12.4. The van der Waals surface area contributed by atoms with Crippen molar-refractivity contribution in [1.29, 1.82) is 0 Å². The zero-order chi connectivity index (χ0) is 9.47. The minimum Gasteiger partial charge on any atom is -0.166 e. The van der Waals surface area contributed by atoms with Crippen LogP contribution in [0.15, 0.2) is 24.3 Å². The highest BCUT2D eigenvalue weighted by Crippen LogP contribution is 2.35. The number of hydrogen-bond donors (Lipinski definition) is 0. The Balaban J connectivity index is 2.57. The standard InChI is InChI=1S/C10H7F3/c11-10(12,13)9-6-2-4-7-3-1-5-8(7)9/h1-4,6H,5H2. The number of benzene rings is 1. The van der Waals surface area contributed by atoms with Gasteiger partial charge in [-0.1, -0.05) is 24.3 Å². The Labute approximate surface area is 73.7 Å². The Kier molecular flexibility index (Phi) is 1.68. The molecule has 0 saturated carbocycles. The predicted octanol–water partition coefficient (Wildman–Crippen LogP) is 3.27. The first-order valence-corrected chi connectivity index (χ1v) is 3.94. The van der Waals surface area contributed by atoms with Crippen molar-refractivity contribution in [2.75, 3.05) is 0 Å². The van der Waals surface area contributed by atoms with E-state index >= 15 is 0 Å². The number of fused-ring (bicyclic) bond motifs is 1. The maximum Gasteiger partial charge on any atom is 0.416 e. The molecule has 2 rings (SSSR count). The Morgan fingerprint density at radius 1 is 1.15 bits per heavy atom. The number of allylic oxidation sites excluding steroid dienone is 1. The van der Waals surface area contributed by atoms with E-state index in [0.29, 0.717) is 17.5 Å². The SMILES string of the molecule is FC(F)(F)c1cccc2c1CC=C2. The van der Waals surface area contributed by atoms with Crippen molar-refractivity contribution >= 4 is 6.08 Å². The van der Waals surface area contributed by atoms with Crippen molar-refractivity contribution in [2.24, 2.45) is 0 Å². The molecular weight excluding hydrogens is 177 g/mol. The van der Waals surface area contributed by atoms with E-state index in [1.165, 1.54) is 6.07 Å². The average Bonchev–Trinajstić information content (AvgIpc) is 2.48. The van der Waals surface area contributed by atoms with E-state index in [2.05, 4.69) is 0 Å². The van der Waals surface area contributed by atoms with Gasteiger partial charge in [-0.3, -0.25) is 0 Å². The van der Waals surface area contributed by atoms with E-state index < -0.39 is 11.7 Å². The summed E-state index contributed by atoms with van der Waals surface area (Å²) >= 11 is 0. The van der Waals surface area contributed by atoms with Crippen LogP contribution >= 0.6 is 0 Å². The molecule has 0 N–H and O–H groups in total. The zero-order valence-corrected chi connectivity index (χ0v) is 6.73. The Morgan fingerprint density at radius 3 is 2.62 bits per heavy atom. The lowest BCUT2D eigenvalue weighted by Gasteiger charge is -2.11. The largest absolute Gasteiger partial charge is 0.416 e. The van der Waals surface area contributed by atoms with Gasteiger partial charge in [-0.05, 0) is 23.6 Å². The molecule has 0 radical (unpaired) electrons. The molecule has 0 unspecified atom stereocenters. The first-order valence-electron chi connectivity index (χ1n) is 3.94. The molecule has 1 aromatic rings. The second-order valence-electron chi connectivity index (χ2n) is 2.98. The number of hydrogen-bond acceptors (Lipinski definition) is 0. The lowest BCUT2D eigenvalue weighted by Crippen LogP contribution is -2.08. The molecule has 0 bridgehead atoms. The summed E-state index contributed by atoms with van der Waals surface area (Å²) in [6.45, 7) is 0. The predicted molar refractivity (Wildman–Crippen MR) is 44.2 cm³/mol. The molecule has 13 heavy (non-hydrogen) atoms. The van der Waals surface area contributed by atoms with Gasteiger partial charge in [0.05, 0.1) is 5.56 Å². The fourth-order valence-corrected chi connectivity index (χ4v) is 1.56. The van der Waals surface area contributed by atoms with Crippen LogP contribution in [0.5, 0.6) is 0 Å². The zero-order valence-electron chi connectivity index (χ0n) is 6.73. The van der Waals surface area contributed by atoms with Crippen LogP contribution in [0.4, 0.5) is 13.2 Å². The van der Waals surface area contributed by atoms with E-state index in [9.17, 15) is 13.2 Å². The molecule has 0 heterocycles. The van der Waals surface area contributed by atoms with E-state index in [0.717, 1.165) is 6.07 Å². The minimum absolute atomic E-state index is 0.394. The molecule has 0 spiro atoms. The Morgan fingerprint density at radius 2 is 1.92 bits per heavy atom.